The summed E-state index contributed by atoms with van der Waals surface area (Å²) >= 11 is 0. The highest BCUT2D eigenvalue weighted by Crippen LogP contribution is 2.34. The number of imidazole rings is 1. The predicted molar refractivity (Wildman–Crippen MR) is 137 cm³/mol. The van der Waals surface area contributed by atoms with Gasteiger partial charge >= 0.3 is 5.69 Å². The third-order valence-electron chi connectivity index (χ3n) is 6.66. The molecule has 0 saturated heterocycles. The van der Waals surface area contributed by atoms with Gasteiger partial charge in [-0.05, 0) is 60.4 Å². The number of rotatable bonds is 6. The van der Waals surface area contributed by atoms with Crippen molar-refractivity contribution in [2.45, 2.75) is 32.2 Å². The summed E-state index contributed by atoms with van der Waals surface area (Å²) in [6, 6.07) is 17.9. The van der Waals surface area contributed by atoms with Gasteiger partial charge in [0.15, 0.2) is 0 Å². The molecule has 174 valence electrons. The number of fused-ring (bicyclic) bond motifs is 3. The van der Waals surface area contributed by atoms with Gasteiger partial charge in [-0.3, -0.25) is 9.78 Å². The van der Waals surface area contributed by atoms with Crippen molar-refractivity contribution in [2.75, 3.05) is 10.6 Å². The van der Waals surface area contributed by atoms with Gasteiger partial charge in [0.25, 0.3) is 0 Å². The fourth-order valence-electron chi connectivity index (χ4n) is 4.88. The van der Waals surface area contributed by atoms with Crippen molar-refractivity contribution < 1.29 is 4.79 Å². The van der Waals surface area contributed by atoms with Crippen molar-refractivity contribution in [3.8, 4) is 0 Å². The Morgan fingerprint density at radius 1 is 1.00 bits per heavy atom. The number of hydrogen-bond donors (Lipinski definition) is 4. The molecular weight excluding hydrogens is 440 g/mol. The second kappa shape index (κ2) is 8.39. The maximum absolute atomic E-state index is 12.6. The van der Waals surface area contributed by atoms with Crippen LogP contribution in [-0.4, -0.2) is 25.8 Å². The molecule has 0 bridgehead atoms. The summed E-state index contributed by atoms with van der Waals surface area (Å²) in [5, 5.41) is 7.32. The van der Waals surface area contributed by atoms with E-state index in [4.69, 9.17) is 4.98 Å². The summed E-state index contributed by atoms with van der Waals surface area (Å²) in [5.74, 6) is 0.430. The van der Waals surface area contributed by atoms with E-state index < -0.39 is 0 Å². The smallest absolute Gasteiger partial charge is 0.323 e. The van der Waals surface area contributed by atoms with Crippen molar-refractivity contribution in [3.63, 3.8) is 0 Å². The lowest BCUT2D eigenvalue weighted by atomic mass is 9.90. The van der Waals surface area contributed by atoms with E-state index in [9.17, 15) is 9.59 Å². The van der Waals surface area contributed by atoms with E-state index in [-0.39, 0.29) is 17.5 Å². The minimum atomic E-state index is -0.236. The van der Waals surface area contributed by atoms with E-state index in [0.29, 0.717) is 18.8 Å². The average Bonchev–Trinajstić information content (AvgIpc) is 3.41. The highest BCUT2D eigenvalue weighted by atomic mass is 16.2. The number of H-pyrrole nitrogens is 2. The molecule has 6 rings (SSSR count). The van der Waals surface area contributed by atoms with Crippen LogP contribution in [0, 0.1) is 0 Å². The van der Waals surface area contributed by atoms with E-state index in [0.717, 1.165) is 50.9 Å². The maximum Gasteiger partial charge on any atom is 0.323 e. The maximum atomic E-state index is 12.6. The molecule has 5 aromatic rings. The molecule has 35 heavy (non-hydrogen) atoms. The first-order valence-corrected chi connectivity index (χ1v) is 11.7. The average molecular weight is 465 g/mol. The van der Waals surface area contributed by atoms with Gasteiger partial charge in [-0.15, -0.1) is 0 Å². The summed E-state index contributed by atoms with van der Waals surface area (Å²) in [6.07, 6.45) is 3.18. The van der Waals surface area contributed by atoms with E-state index in [1.807, 2.05) is 36.4 Å². The number of nitrogens with zero attached hydrogens (tertiary/aromatic N) is 2. The lowest BCUT2D eigenvalue weighted by Crippen LogP contribution is -2.15. The van der Waals surface area contributed by atoms with Crippen molar-refractivity contribution in [1.29, 1.82) is 0 Å². The van der Waals surface area contributed by atoms with Crippen LogP contribution in [-0.2, 0) is 24.2 Å². The van der Waals surface area contributed by atoms with Gasteiger partial charge in [-0.1, -0.05) is 25.1 Å². The number of aryl methyl sites for hydroxylation is 1. The summed E-state index contributed by atoms with van der Waals surface area (Å²) in [7, 11) is 0. The minimum absolute atomic E-state index is 0.000755. The lowest BCUT2D eigenvalue weighted by molar-refractivity contribution is -0.117. The number of nitrogens with one attached hydrogen (secondary N) is 4. The minimum Gasteiger partial charge on any atom is -0.378 e. The Labute approximate surface area is 200 Å². The standard InChI is InChI=1S/C27H24N6O2/c1-2-15-13-23-16(11-17(15)12-20-19-5-4-10-28-25(19)33-26(20)34)8-9-18(30-23)14-29-21-6-3-7-22-24(21)32-27(35)31-22/h3-11,13,20,29H,2,12,14H2,1H3,(H,28,33,34)(H2,31,32,35). The van der Waals surface area contributed by atoms with Crippen LogP contribution in [0.2, 0.25) is 0 Å². The number of carbonyl (C=O) groups excluding carboxylic acids is 1. The normalized spacial score (nSPS) is 14.9. The highest BCUT2D eigenvalue weighted by molar-refractivity contribution is 6.02. The number of aromatic nitrogens is 4. The molecule has 4 heterocycles. The van der Waals surface area contributed by atoms with Crippen molar-refractivity contribution >= 4 is 39.3 Å². The first-order chi connectivity index (χ1) is 17.1. The van der Waals surface area contributed by atoms with Crippen LogP contribution in [0.5, 0.6) is 0 Å². The van der Waals surface area contributed by atoms with Crippen LogP contribution in [0.4, 0.5) is 11.5 Å². The van der Waals surface area contributed by atoms with Gasteiger partial charge in [-0.25, -0.2) is 9.78 Å². The van der Waals surface area contributed by atoms with Crippen LogP contribution >= 0.6 is 0 Å². The Kier molecular flexibility index (Phi) is 5.06. The van der Waals surface area contributed by atoms with Crippen molar-refractivity contribution in [3.05, 3.63) is 93.7 Å². The van der Waals surface area contributed by atoms with Crippen LogP contribution in [0.25, 0.3) is 21.9 Å². The van der Waals surface area contributed by atoms with Crippen molar-refractivity contribution in [1.82, 2.24) is 19.9 Å². The monoisotopic (exact) mass is 464 g/mol. The number of carbonyl (C=O) groups is 1. The third kappa shape index (κ3) is 3.82. The third-order valence-corrected chi connectivity index (χ3v) is 6.66. The number of benzene rings is 2. The van der Waals surface area contributed by atoms with Gasteiger partial charge < -0.3 is 20.6 Å². The Balaban J connectivity index is 1.27. The van der Waals surface area contributed by atoms with E-state index in [2.05, 4.69) is 50.7 Å². The van der Waals surface area contributed by atoms with E-state index >= 15 is 0 Å². The molecule has 0 saturated carbocycles. The number of aromatic amines is 2. The van der Waals surface area contributed by atoms with Crippen molar-refractivity contribution in [2.24, 2.45) is 0 Å². The summed E-state index contributed by atoms with van der Waals surface area (Å²) < 4.78 is 0. The van der Waals surface area contributed by atoms with Gasteiger partial charge in [0.05, 0.1) is 40.4 Å². The second-order valence-electron chi connectivity index (χ2n) is 8.82. The number of amides is 1. The Morgan fingerprint density at radius 2 is 1.91 bits per heavy atom. The zero-order valence-electron chi connectivity index (χ0n) is 19.2. The van der Waals surface area contributed by atoms with Gasteiger partial charge in [0.1, 0.15) is 5.82 Å². The zero-order chi connectivity index (χ0) is 23.9. The van der Waals surface area contributed by atoms with E-state index in [1.165, 1.54) is 5.56 Å². The van der Waals surface area contributed by atoms with E-state index in [1.54, 1.807) is 6.20 Å². The fraction of sp³-hybridized carbons (Fsp3) is 0.185. The summed E-state index contributed by atoms with van der Waals surface area (Å²) in [5.41, 5.74) is 7.27. The quantitative estimate of drug-likeness (QED) is 0.300. The second-order valence-corrected chi connectivity index (χ2v) is 8.82. The Morgan fingerprint density at radius 3 is 2.80 bits per heavy atom. The molecule has 0 fully saturated rings. The molecule has 0 radical (unpaired) electrons. The predicted octanol–water partition coefficient (Wildman–Crippen LogP) is 4.25. The Bertz CT molecular complexity index is 1650. The lowest BCUT2D eigenvalue weighted by Gasteiger charge is -2.14. The van der Waals surface area contributed by atoms with Gasteiger partial charge in [0.2, 0.25) is 5.91 Å². The fourth-order valence-corrected chi connectivity index (χ4v) is 4.88. The molecule has 2 aromatic carbocycles. The molecule has 8 nitrogen and oxygen atoms in total. The number of pyridine rings is 2. The van der Waals surface area contributed by atoms with Gasteiger partial charge in [0, 0.05) is 17.1 Å². The molecular formula is C27H24N6O2. The van der Waals surface area contributed by atoms with Crippen LogP contribution < -0.4 is 16.3 Å². The molecule has 1 unspecified atom stereocenters. The summed E-state index contributed by atoms with van der Waals surface area (Å²) in [4.78, 5) is 39.1. The number of anilines is 2. The Hall–Kier alpha value is -4.46. The molecule has 0 aliphatic carbocycles. The molecule has 3 aromatic heterocycles. The highest BCUT2D eigenvalue weighted by Gasteiger charge is 2.31. The number of para-hydroxylation sites is 1. The largest absolute Gasteiger partial charge is 0.378 e. The van der Waals surface area contributed by atoms with Gasteiger partial charge in [-0.2, -0.15) is 0 Å². The van der Waals surface area contributed by atoms with Crippen LogP contribution in [0.1, 0.15) is 35.2 Å². The molecule has 8 heteroatoms. The molecule has 1 aliphatic rings. The van der Waals surface area contributed by atoms with Crippen LogP contribution in [0.15, 0.2) is 65.6 Å². The first-order valence-electron chi connectivity index (χ1n) is 11.7. The molecule has 1 amide bonds. The molecule has 1 aliphatic heterocycles. The summed E-state index contributed by atoms with van der Waals surface area (Å²) in [6.45, 7) is 2.65. The first kappa shape index (κ1) is 21.1. The van der Waals surface area contributed by atoms with Crippen LogP contribution in [0.3, 0.4) is 0 Å². The zero-order valence-corrected chi connectivity index (χ0v) is 19.2. The molecule has 4 N–H and O–H groups in total. The molecule has 0 spiro atoms. The SMILES string of the molecule is CCc1cc2nc(CNc3cccc4[nH]c(=O)[nH]c34)ccc2cc1CC1C(=O)Nc2ncccc21. The topological polar surface area (TPSA) is 116 Å². The number of hydrogen-bond acceptors (Lipinski definition) is 5. The molecule has 1 atom stereocenters.